The van der Waals surface area contributed by atoms with Crippen LogP contribution in [0.3, 0.4) is 0 Å². The van der Waals surface area contributed by atoms with Gasteiger partial charge in [0.25, 0.3) is 0 Å². The third-order valence-electron chi connectivity index (χ3n) is 6.65. The van der Waals surface area contributed by atoms with Crippen molar-refractivity contribution in [3.63, 3.8) is 0 Å². The molecule has 2 aromatic carbocycles. The summed E-state index contributed by atoms with van der Waals surface area (Å²) < 4.78 is 0. The standard InChI is InChI=1S/C24H24ClN3O3/c1-23(2,3)28-20(29)18-17(11-13-7-5-4-6-8-13)27-24(19(18)21(28)30)15-12-14(25)9-10-16(15)26-22(24)31/h4-10,12,17-19,27H,11H2,1-3H3,(H,26,31). The first-order valence-electron chi connectivity index (χ1n) is 10.5. The summed E-state index contributed by atoms with van der Waals surface area (Å²) in [6.45, 7) is 5.53. The number of fused-ring (bicyclic) bond motifs is 4. The highest BCUT2D eigenvalue weighted by Crippen LogP contribution is 2.54. The van der Waals surface area contributed by atoms with Crippen LogP contribution in [0.2, 0.25) is 5.02 Å². The summed E-state index contributed by atoms with van der Waals surface area (Å²) >= 11 is 6.28. The number of likely N-dealkylation sites (tertiary alicyclic amines) is 1. The number of nitrogens with one attached hydrogen (secondary N) is 2. The van der Waals surface area contributed by atoms with Crippen molar-refractivity contribution in [2.45, 2.75) is 44.3 Å². The molecule has 3 amide bonds. The first-order chi connectivity index (χ1) is 14.6. The maximum Gasteiger partial charge on any atom is 0.250 e. The van der Waals surface area contributed by atoms with E-state index in [1.54, 1.807) is 18.2 Å². The Hall–Kier alpha value is -2.70. The van der Waals surface area contributed by atoms with Gasteiger partial charge in [-0.3, -0.25) is 24.6 Å². The molecule has 2 N–H and O–H groups in total. The van der Waals surface area contributed by atoms with E-state index in [-0.39, 0.29) is 23.8 Å². The van der Waals surface area contributed by atoms with Gasteiger partial charge in [-0.2, -0.15) is 0 Å². The van der Waals surface area contributed by atoms with Crippen LogP contribution in [-0.2, 0) is 26.3 Å². The van der Waals surface area contributed by atoms with Crippen LogP contribution < -0.4 is 10.6 Å². The number of hydrogen-bond acceptors (Lipinski definition) is 4. The Morgan fingerprint density at radius 3 is 2.42 bits per heavy atom. The summed E-state index contributed by atoms with van der Waals surface area (Å²) in [7, 11) is 0. The van der Waals surface area contributed by atoms with E-state index in [0.717, 1.165) is 5.56 Å². The maximum atomic E-state index is 13.7. The quantitative estimate of drug-likeness (QED) is 0.707. The molecule has 0 aromatic heterocycles. The van der Waals surface area contributed by atoms with Crippen LogP contribution in [-0.4, -0.2) is 34.2 Å². The van der Waals surface area contributed by atoms with Gasteiger partial charge >= 0.3 is 0 Å². The Morgan fingerprint density at radius 2 is 1.74 bits per heavy atom. The molecule has 0 bridgehead atoms. The van der Waals surface area contributed by atoms with Crippen LogP contribution >= 0.6 is 11.6 Å². The molecule has 2 fully saturated rings. The average Bonchev–Trinajstić information content (AvgIpc) is 3.27. The number of rotatable bonds is 2. The minimum absolute atomic E-state index is 0.226. The lowest BCUT2D eigenvalue weighted by molar-refractivity contribution is -0.147. The van der Waals surface area contributed by atoms with Gasteiger partial charge in [0.05, 0.1) is 11.8 Å². The second-order valence-electron chi connectivity index (χ2n) is 9.58. The zero-order valence-electron chi connectivity index (χ0n) is 17.6. The zero-order valence-corrected chi connectivity index (χ0v) is 18.4. The molecule has 6 nitrogen and oxygen atoms in total. The third kappa shape index (κ3) is 2.78. The van der Waals surface area contributed by atoms with Gasteiger partial charge in [0.15, 0.2) is 0 Å². The van der Waals surface area contributed by atoms with Crippen molar-refractivity contribution in [3.05, 3.63) is 64.7 Å². The summed E-state index contributed by atoms with van der Waals surface area (Å²) in [6, 6.07) is 14.6. The first kappa shape index (κ1) is 20.2. The van der Waals surface area contributed by atoms with E-state index >= 15 is 0 Å². The van der Waals surface area contributed by atoms with Crippen LogP contribution in [0.5, 0.6) is 0 Å². The number of hydrogen-bond donors (Lipinski definition) is 2. The topological polar surface area (TPSA) is 78.5 Å². The molecule has 7 heteroatoms. The minimum Gasteiger partial charge on any atom is -0.324 e. The van der Waals surface area contributed by atoms with Crippen molar-refractivity contribution >= 4 is 35.0 Å². The van der Waals surface area contributed by atoms with Crippen molar-refractivity contribution in [2.24, 2.45) is 11.8 Å². The lowest BCUT2D eigenvalue weighted by Gasteiger charge is -2.34. The Kier molecular flexibility index (Phi) is 4.33. The van der Waals surface area contributed by atoms with Crippen LogP contribution in [0.4, 0.5) is 5.69 Å². The molecule has 4 unspecified atom stereocenters. The third-order valence-corrected chi connectivity index (χ3v) is 6.88. The smallest absolute Gasteiger partial charge is 0.250 e. The minimum atomic E-state index is -1.32. The fourth-order valence-corrected chi connectivity index (χ4v) is 5.65. The summed E-state index contributed by atoms with van der Waals surface area (Å²) in [4.78, 5) is 42.0. The summed E-state index contributed by atoms with van der Waals surface area (Å²) in [6.07, 6.45) is 0.532. The number of amides is 3. The highest BCUT2D eigenvalue weighted by atomic mass is 35.5. The summed E-state index contributed by atoms with van der Waals surface area (Å²) in [5.74, 6) is -2.31. The summed E-state index contributed by atoms with van der Waals surface area (Å²) in [5.41, 5.74) is 0.290. The highest BCUT2D eigenvalue weighted by molar-refractivity contribution is 6.31. The van der Waals surface area contributed by atoms with Crippen LogP contribution in [0.25, 0.3) is 0 Å². The Bertz CT molecular complexity index is 1110. The molecule has 160 valence electrons. The molecule has 3 aliphatic rings. The number of nitrogens with zero attached hydrogens (tertiary/aromatic N) is 1. The van der Waals surface area contributed by atoms with Gasteiger partial charge in [-0.1, -0.05) is 41.9 Å². The van der Waals surface area contributed by atoms with Crippen LogP contribution in [0, 0.1) is 11.8 Å². The second kappa shape index (κ2) is 6.65. The van der Waals surface area contributed by atoms with Gasteiger partial charge in [-0.05, 0) is 51.0 Å². The molecule has 4 atom stereocenters. The van der Waals surface area contributed by atoms with E-state index < -0.39 is 22.9 Å². The van der Waals surface area contributed by atoms with Gasteiger partial charge in [0, 0.05) is 27.9 Å². The summed E-state index contributed by atoms with van der Waals surface area (Å²) in [5, 5.41) is 6.82. The number of carbonyl (C=O) groups is 3. The first-order valence-corrected chi connectivity index (χ1v) is 10.8. The Labute approximate surface area is 185 Å². The number of anilines is 1. The predicted molar refractivity (Wildman–Crippen MR) is 117 cm³/mol. The number of benzene rings is 2. The molecule has 31 heavy (non-hydrogen) atoms. The van der Waals surface area contributed by atoms with Crippen molar-refractivity contribution in [3.8, 4) is 0 Å². The van der Waals surface area contributed by atoms with Gasteiger partial charge in [-0.25, -0.2) is 0 Å². The van der Waals surface area contributed by atoms with Gasteiger partial charge in [0.1, 0.15) is 5.54 Å². The van der Waals surface area contributed by atoms with E-state index in [1.807, 2.05) is 51.1 Å². The SMILES string of the molecule is CC(C)(C)N1C(=O)C2C(Cc3ccccc3)NC3(C(=O)Nc4ccc(Cl)cc43)C2C1=O. The fourth-order valence-electron chi connectivity index (χ4n) is 5.48. The molecule has 3 heterocycles. The predicted octanol–water partition coefficient (Wildman–Crippen LogP) is 3.10. The van der Waals surface area contributed by atoms with E-state index in [0.29, 0.717) is 22.7 Å². The van der Waals surface area contributed by atoms with Gasteiger partial charge < -0.3 is 5.32 Å². The average molecular weight is 438 g/mol. The number of halogens is 1. The second-order valence-corrected chi connectivity index (χ2v) is 10.0. The lowest BCUT2D eigenvalue weighted by Crippen LogP contribution is -2.56. The van der Waals surface area contributed by atoms with Gasteiger partial charge in [0.2, 0.25) is 17.7 Å². The number of carbonyl (C=O) groups excluding carboxylic acids is 3. The lowest BCUT2D eigenvalue weighted by atomic mass is 9.76. The largest absolute Gasteiger partial charge is 0.324 e. The molecule has 0 saturated carbocycles. The van der Waals surface area contributed by atoms with Crippen molar-refractivity contribution < 1.29 is 14.4 Å². The van der Waals surface area contributed by atoms with E-state index in [4.69, 9.17) is 11.6 Å². The van der Waals surface area contributed by atoms with Crippen molar-refractivity contribution in [1.82, 2.24) is 10.2 Å². The Balaban J connectivity index is 1.68. The number of imide groups is 1. The molecule has 0 radical (unpaired) electrons. The molecule has 2 aromatic rings. The van der Waals surface area contributed by atoms with E-state index in [1.165, 1.54) is 4.90 Å². The molecule has 1 spiro atoms. The fraction of sp³-hybridized carbons (Fsp3) is 0.375. The molecule has 0 aliphatic carbocycles. The highest BCUT2D eigenvalue weighted by Gasteiger charge is 2.71. The Morgan fingerprint density at radius 1 is 1.03 bits per heavy atom. The van der Waals surface area contributed by atoms with E-state index in [2.05, 4.69) is 10.6 Å². The van der Waals surface area contributed by atoms with Crippen LogP contribution in [0.1, 0.15) is 31.9 Å². The normalized spacial score (nSPS) is 29.5. The maximum absolute atomic E-state index is 13.7. The van der Waals surface area contributed by atoms with Crippen molar-refractivity contribution in [1.29, 1.82) is 0 Å². The van der Waals surface area contributed by atoms with Crippen LogP contribution in [0.15, 0.2) is 48.5 Å². The van der Waals surface area contributed by atoms with E-state index in [9.17, 15) is 14.4 Å². The zero-order chi connectivity index (χ0) is 22.1. The molecule has 3 aliphatic heterocycles. The molecular formula is C24H24ClN3O3. The monoisotopic (exact) mass is 437 g/mol. The van der Waals surface area contributed by atoms with Gasteiger partial charge in [-0.15, -0.1) is 0 Å². The van der Waals surface area contributed by atoms with Crippen molar-refractivity contribution in [2.75, 3.05) is 5.32 Å². The molecule has 5 rings (SSSR count). The molecule has 2 saturated heterocycles. The molecular weight excluding hydrogens is 414 g/mol.